The molecule has 0 amide bonds. The van der Waals surface area contributed by atoms with Gasteiger partial charge >= 0.3 is 0 Å². The van der Waals surface area contributed by atoms with E-state index in [1.165, 1.54) is 6.07 Å². The summed E-state index contributed by atoms with van der Waals surface area (Å²) in [6, 6.07) is 4.80. The van der Waals surface area contributed by atoms with Crippen LogP contribution >= 0.6 is 11.8 Å². The fourth-order valence-electron chi connectivity index (χ4n) is 1.62. The lowest BCUT2D eigenvalue weighted by atomic mass is 10.2. The minimum absolute atomic E-state index is 0.198. The Morgan fingerprint density at radius 2 is 2.27 bits per heavy atom. The van der Waals surface area contributed by atoms with Crippen LogP contribution in [-0.2, 0) is 0 Å². The number of nitrogens with two attached hydrogens (primary N) is 1. The molecule has 0 unspecified atom stereocenters. The molecular formula is C11H13FN2S. The third kappa shape index (κ3) is 2.01. The molecule has 0 fully saturated rings. The van der Waals surface area contributed by atoms with E-state index in [9.17, 15) is 4.39 Å². The normalized spacial score (nSPS) is 11.1. The summed E-state index contributed by atoms with van der Waals surface area (Å²) in [5.41, 5.74) is 7.52. The van der Waals surface area contributed by atoms with Crippen molar-refractivity contribution in [1.29, 1.82) is 0 Å². The van der Waals surface area contributed by atoms with Crippen molar-refractivity contribution in [2.45, 2.75) is 11.8 Å². The Kier molecular flexibility index (Phi) is 2.98. The van der Waals surface area contributed by atoms with Gasteiger partial charge in [0.1, 0.15) is 5.82 Å². The molecule has 0 radical (unpaired) electrons. The Hall–Kier alpha value is -1.00. The number of H-pyrrole nitrogens is 1. The molecule has 0 aliphatic carbocycles. The van der Waals surface area contributed by atoms with Crippen molar-refractivity contribution in [3.8, 4) is 0 Å². The van der Waals surface area contributed by atoms with Crippen LogP contribution in [0.4, 0.5) is 4.39 Å². The molecule has 0 spiro atoms. The molecule has 2 nitrogen and oxygen atoms in total. The minimum atomic E-state index is -0.198. The largest absolute Gasteiger partial charge is 0.358 e. The van der Waals surface area contributed by atoms with E-state index in [0.717, 1.165) is 27.2 Å². The molecule has 2 rings (SSSR count). The van der Waals surface area contributed by atoms with Gasteiger partial charge in [0.15, 0.2) is 0 Å². The van der Waals surface area contributed by atoms with Crippen molar-refractivity contribution >= 4 is 22.7 Å². The number of halogens is 1. The van der Waals surface area contributed by atoms with Crippen molar-refractivity contribution in [3.05, 3.63) is 29.7 Å². The maximum atomic E-state index is 13.1. The Labute approximate surface area is 92.0 Å². The van der Waals surface area contributed by atoms with Gasteiger partial charge in [0.2, 0.25) is 0 Å². The zero-order chi connectivity index (χ0) is 10.8. The highest BCUT2D eigenvalue weighted by Gasteiger charge is 2.08. The van der Waals surface area contributed by atoms with Gasteiger partial charge in [-0.25, -0.2) is 4.39 Å². The molecule has 0 aliphatic heterocycles. The van der Waals surface area contributed by atoms with E-state index < -0.39 is 0 Å². The van der Waals surface area contributed by atoms with Gasteiger partial charge in [0, 0.05) is 33.8 Å². The second-order valence-corrected chi connectivity index (χ2v) is 4.51. The lowest BCUT2D eigenvalue weighted by molar-refractivity contribution is 0.629. The summed E-state index contributed by atoms with van der Waals surface area (Å²) in [5, 5.41) is 0.950. The number of thioether (sulfide) groups is 1. The van der Waals surface area contributed by atoms with Gasteiger partial charge in [-0.3, -0.25) is 0 Å². The lowest BCUT2D eigenvalue weighted by Crippen LogP contribution is -2.00. The maximum Gasteiger partial charge on any atom is 0.123 e. The number of aromatic amines is 1. The number of benzene rings is 1. The van der Waals surface area contributed by atoms with Gasteiger partial charge in [-0.15, -0.1) is 11.8 Å². The summed E-state index contributed by atoms with van der Waals surface area (Å²) in [6.45, 7) is 2.63. The van der Waals surface area contributed by atoms with Crippen molar-refractivity contribution < 1.29 is 4.39 Å². The quantitative estimate of drug-likeness (QED) is 0.787. The number of aromatic nitrogens is 1. The fraction of sp³-hybridized carbons (Fsp3) is 0.273. The Morgan fingerprint density at radius 1 is 1.47 bits per heavy atom. The molecule has 1 heterocycles. The molecule has 1 aromatic heterocycles. The van der Waals surface area contributed by atoms with Crippen LogP contribution in [0.5, 0.6) is 0 Å². The number of hydrogen-bond donors (Lipinski definition) is 2. The van der Waals surface area contributed by atoms with Crippen LogP contribution in [0.15, 0.2) is 23.1 Å². The fourth-order valence-corrected chi connectivity index (χ4v) is 2.53. The monoisotopic (exact) mass is 224 g/mol. The van der Waals surface area contributed by atoms with Crippen LogP contribution in [0.2, 0.25) is 0 Å². The van der Waals surface area contributed by atoms with Crippen LogP contribution in [-0.4, -0.2) is 17.3 Å². The molecule has 0 atom stereocenters. The molecular weight excluding hydrogens is 211 g/mol. The van der Waals surface area contributed by atoms with Crippen molar-refractivity contribution in [2.24, 2.45) is 5.73 Å². The number of rotatable bonds is 3. The molecule has 2 aromatic rings. The standard InChI is InChI=1S/C11H13FN2S/c1-7-11(15-5-4-13)9-6-8(12)2-3-10(9)14-7/h2-3,6,14H,4-5,13H2,1H3. The van der Waals surface area contributed by atoms with E-state index in [2.05, 4.69) is 4.98 Å². The highest BCUT2D eigenvalue weighted by molar-refractivity contribution is 7.99. The van der Waals surface area contributed by atoms with Crippen LogP contribution < -0.4 is 5.73 Å². The molecule has 0 aliphatic rings. The molecule has 4 heteroatoms. The van der Waals surface area contributed by atoms with E-state index >= 15 is 0 Å². The van der Waals surface area contributed by atoms with Gasteiger partial charge in [0.05, 0.1) is 0 Å². The summed E-state index contributed by atoms with van der Waals surface area (Å²) >= 11 is 1.67. The third-order valence-corrected chi connectivity index (χ3v) is 3.51. The third-order valence-electron chi connectivity index (χ3n) is 2.25. The molecule has 0 saturated heterocycles. The maximum absolute atomic E-state index is 13.1. The number of nitrogens with one attached hydrogen (secondary N) is 1. The second kappa shape index (κ2) is 4.24. The predicted molar refractivity (Wildman–Crippen MR) is 62.8 cm³/mol. The highest BCUT2D eigenvalue weighted by atomic mass is 32.2. The van der Waals surface area contributed by atoms with Gasteiger partial charge in [-0.2, -0.15) is 0 Å². The SMILES string of the molecule is Cc1[nH]c2ccc(F)cc2c1SCCN. The molecule has 15 heavy (non-hydrogen) atoms. The van der Waals surface area contributed by atoms with E-state index in [1.54, 1.807) is 23.9 Å². The lowest BCUT2D eigenvalue weighted by Gasteiger charge is -1.99. The van der Waals surface area contributed by atoms with E-state index in [0.29, 0.717) is 6.54 Å². The molecule has 0 bridgehead atoms. The van der Waals surface area contributed by atoms with E-state index in [1.807, 2.05) is 6.92 Å². The molecule has 3 N–H and O–H groups in total. The molecule has 80 valence electrons. The smallest absolute Gasteiger partial charge is 0.123 e. The molecule has 0 saturated carbocycles. The number of hydrogen-bond acceptors (Lipinski definition) is 2. The predicted octanol–water partition coefficient (Wildman–Crippen LogP) is 2.67. The van der Waals surface area contributed by atoms with Gasteiger partial charge in [-0.1, -0.05) is 0 Å². The topological polar surface area (TPSA) is 41.8 Å². The number of fused-ring (bicyclic) bond motifs is 1. The summed E-state index contributed by atoms with van der Waals surface area (Å²) in [5.74, 6) is 0.653. The zero-order valence-corrected chi connectivity index (χ0v) is 9.33. The Balaban J connectivity index is 2.50. The van der Waals surface area contributed by atoms with Gasteiger partial charge in [-0.05, 0) is 25.1 Å². The first kappa shape index (κ1) is 10.5. The van der Waals surface area contributed by atoms with Gasteiger partial charge in [0.25, 0.3) is 0 Å². The Morgan fingerprint density at radius 3 is 3.00 bits per heavy atom. The van der Waals surface area contributed by atoms with Gasteiger partial charge < -0.3 is 10.7 Å². The second-order valence-electron chi connectivity index (χ2n) is 3.41. The summed E-state index contributed by atoms with van der Waals surface area (Å²) in [7, 11) is 0. The van der Waals surface area contributed by atoms with Crippen LogP contribution in [0, 0.1) is 12.7 Å². The first-order chi connectivity index (χ1) is 7.22. The van der Waals surface area contributed by atoms with Crippen molar-refractivity contribution in [1.82, 2.24) is 4.98 Å². The minimum Gasteiger partial charge on any atom is -0.358 e. The van der Waals surface area contributed by atoms with Crippen LogP contribution in [0.25, 0.3) is 10.9 Å². The van der Waals surface area contributed by atoms with Crippen LogP contribution in [0.1, 0.15) is 5.69 Å². The molecule has 1 aromatic carbocycles. The summed E-state index contributed by atoms with van der Waals surface area (Å²) < 4.78 is 13.1. The average Bonchev–Trinajstić information content (AvgIpc) is 2.51. The first-order valence-corrected chi connectivity index (χ1v) is 5.81. The van der Waals surface area contributed by atoms with Crippen molar-refractivity contribution in [3.63, 3.8) is 0 Å². The van der Waals surface area contributed by atoms with E-state index in [-0.39, 0.29) is 5.82 Å². The Bertz CT molecular complexity index is 479. The average molecular weight is 224 g/mol. The summed E-state index contributed by atoms with van der Waals surface area (Å²) in [6.07, 6.45) is 0. The summed E-state index contributed by atoms with van der Waals surface area (Å²) in [4.78, 5) is 4.34. The first-order valence-electron chi connectivity index (χ1n) is 4.83. The van der Waals surface area contributed by atoms with E-state index in [4.69, 9.17) is 5.73 Å². The zero-order valence-electron chi connectivity index (χ0n) is 8.51. The van der Waals surface area contributed by atoms with Crippen molar-refractivity contribution in [2.75, 3.05) is 12.3 Å². The van der Waals surface area contributed by atoms with Crippen LogP contribution in [0.3, 0.4) is 0 Å². The number of aryl methyl sites for hydroxylation is 1. The highest BCUT2D eigenvalue weighted by Crippen LogP contribution is 2.31.